The lowest BCUT2D eigenvalue weighted by atomic mass is 9.90. The van der Waals surface area contributed by atoms with Gasteiger partial charge in [-0.25, -0.2) is 4.79 Å². The maximum absolute atomic E-state index is 11.1. The van der Waals surface area contributed by atoms with Crippen molar-refractivity contribution >= 4 is 11.8 Å². The van der Waals surface area contributed by atoms with Crippen molar-refractivity contribution in [1.82, 2.24) is 4.57 Å². The van der Waals surface area contributed by atoms with Crippen LogP contribution in [-0.2, 0) is 17.6 Å². The van der Waals surface area contributed by atoms with Gasteiger partial charge in [0.1, 0.15) is 11.6 Å². The van der Waals surface area contributed by atoms with Crippen molar-refractivity contribution in [1.29, 1.82) is 5.41 Å². The van der Waals surface area contributed by atoms with E-state index < -0.39 is 5.97 Å². The van der Waals surface area contributed by atoms with Crippen LogP contribution in [0.2, 0.25) is 0 Å². The Bertz CT molecular complexity index is 1200. The molecule has 0 amide bonds. The van der Waals surface area contributed by atoms with Crippen molar-refractivity contribution in [2.24, 2.45) is 0 Å². The molecule has 1 aliphatic rings. The fourth-order valence-electron chi connectivity index (χ4n) is 3.85. The summed E-state index contributed by atoms with van der Waals surface area (Å²) in [6.45, 7) is 1.33. The molecule has 0 radical (unpaired) electrons. The van der Waals surface area contributed by atoms with Crippen LogP contribution in [0.1, 0.15) is 18.2 Å². The average molecular weight is 398 g/mol. The Balaban J connectivity index is 1.85. The number of rotatable bonds is 4. The molecule has 30 heavy (non-hydrogen) atoms. The number of carbonyl (C=O) groups is 1. The Morgan fingerprint density at radius 2 is 1.67 bits per heavy atom. The van der Waals surface area contributed by atoms with E-state index in [1.54, 1.807) is 0 Å². The molecule has 0 aliphatic heterocycles. The Hall–Kier alpha value is -3.86. The second kappa shape index (κ2) is 7.87. The van der Waals surface area contributed by atoms with Crippen LogP contribution < -0.4 is 0 Å². The molecule has 3 N–H and O–H groups in total. The van der Waals surface area contributed by atoms with E-state index in [2.05, 4.69) is 18.2 Å². The monoisotopic (exact) mass is 398 g/mol. The van der Waals surface area contributed by atoms with E-state index in [0.29, 0.717) is 0 Å². The maximum atomic E-state index is 11.1. The van der Waals surface area contributed by atoms with Gasteiger partial charge in [-0.15, -0.1) is 0 Å². The molecule has 1 heterocycles. The quantitative estimate of drug-likeness (QED) is 0.185. The molecule has 4 rings (SSSR count). The van der Waals surface area contributed by atoms with Crippen molar-refractivity contribution < 1.29 is 15.0 Å². The highest BCUT2D eigenvalue weighted by Crippen LogP contribution is 2.38. The number of aromatic nitrogens is 1. The summed E-state index contributed by atoms with van der Waals surface area (Å²) >= 11 is 0. The molecule has 1 aromatic heterocycles. The fraction of sp³-hybridized carbons (Fsp3) is 0.120. The van der Waals surface area contributed by atoms with E-state index in [1.807, 2.05) is 47.0 Å². The van der Waals surface area contributed by atoms with Gasteiger partial charge in [-0.3, -0.25) is 9.98 Å². The number of aliphatic carboxylic acids is 1. The lowest BCUT2D eigenvalue weighted by molar-refractivity contribution is -0.132. The summed E-state index contributed by atoms with van der Waals surface area (Å²) < 4.78 is 1.89. The van der Waals surface area contributed by atoms with Crippen molar-refractivity contribution in [3.8, 4) is 22.4 Å². The predicted octanol–water partition coefficient (Wildman–Crippen LogP) is 5.22. The minimum Gasteiger partial charge on any atom is -0.507 e. The number of aliphatic hydroxyl groups is 1. The van der Waals surface area contributed by atoms with E-state index >= 15 is 0 Å². The second-order valence-electron chi connectivity index (χ2n) is 7.28. The van der Waals surface area contributed by atoms with Crippen LogP contribution in [0.3, 0.4) is 0 Å². The van der Waals surface area contributed by atoms with Crippen LogP contribution in [0.15, 0.2) is 84.1 Å². The zero-order chi connectivity index (χ0) is 21.3. The van der Waals surface area contributed by atoms with E-state index in [0.717, 1.165) is 35.4 Å². The summed E-state index contributed by atoms with van der Waals surface area (Å²) in [6, 6.07) is 20.3. The fourth-order valence-corrected chi connectivity index (χ4v) is 3.85. The number of carboxylic acids is 1. The molecular weight excluding hydrogens is 376 g/mol. The summed E-state index contributed by atoms with van der Waals surface area (Å²) in [5.41, 5.74) is 6.34. The van der Waals surface area contributed by atoms with Gasteiger partial charge in [0.15, 0.2) is 0 Å². The zero-order valence-corrected chi connectivity index (χ0v) is 16.6. The molecule has 150 valence electrons. The van der Waals surface area contributed by atoms with Gasteiger partial charge in [0.05, 0.1) is 11.3 Å². The number of hydrogen-bond donors (Lipinski definition) is 3. The van der Waals surface area contributed by atoms with E-state index in [-0.39, 0.29) is 17.2 Å². The first kappa shape index (κ1) is 19.5. The lowest BCUT2D eigenvalue weighted by Crippen LogP contribution is -2.15. The Kier molecular flexibility index (Phi) is 5.11. The molecule has 2 aromatic carbocycles. The molecule has 0 saturated carbocycles. The number of benzene rings is 2. The third-order valence-corrected chi connectivity index (χ3v) is 5.46. The highest BCUT2D eigenvalue weighted by molar-refractivity contribution is 5.99. The van der Waals surface area contributed by atoms with E-state index in [4.69, 9.17) is 10.5 Å². The van der Waals surface area contributed by atoms with E-state index in [9.17, 15) is 9.90 Å². The van der Waals surface area contributed by atoms with Crippen LogP contribution in [-0.4, -0.2) is 26.6 Å². The van der Waals surface area contributed by atoms with Crippen molar-refractivity contribution in [2.45, 2.75) is 19.8 Å². The largest absolute Gasteiger partial charge is 0.507 e. The molecule has 3 aromatic rings. The highest BCUT2D eigenvalue weighted by atomic mass is 16.4. The number of fused-ring (bicyclic) bond motifs is 3. The average Bonchev–Trinajstić information content (AvgIpc) is 3.17. The van der Waals surface area contributed by atoms with Crippen molar-refractivity contribution in [2.75, 3.05) is 0 Å². The molecule has 0 atom stereocenters. The van der Waals surface area contributed by atoms with Gasteiger partial charge in [0.25, 0.3) is 0 Å². The first-order chi connectivity index (χ1) is 14.5. The number of aryl methyl sites for hydroxylation is 1. The second-order valence-corrected chi connectivity index (χ2v) is 7.28. The minimum atomic E-state index is -1.19. The molecule has 5 heteroatoms. The van der Waals surface area contributed by atoms with Crippen molar-refractivity contribution in [3.05, 3.63) is 95.4 Å². The molecule has 0 unspecified atom stereocenters. The highest BCUT2D eigenvalue weighted by Gasteiger charge is 2.24. The predicted molar refractivity (Wildman–Crippen MR) is 118 cm³/mol. The molecule has 5 nitrogen and oxygen atoms in total. The molecule has 0 fully saturated rings. The van der Waals surface area contributed by atoms with Crippen LogP contribution >= 0.6 is 0 Å². The SMILES string of the molecule is C/C(C(=O)O)=C(O)\C=C/C(=N)n1c(-c2ccccc2)cc2c1CCc1ccccc1-2. The third kappa shape index (κ3) is 3.46. The van der Waals surface area contributed by atoms with Gasteiger partial charge in [-0.05, 0) is 54.7 Å². The Morgan fingerprint density at radius 1 is 0.967 bits per heavy atom. The number of aliphatic hydroxyl groups excluding tert-OH is 1. The third-order valence-electron chi connectivity index (χ3n) is 5.46. The molecular formula is C25H22N2O3. The number of nitrogens with one attached hydrogen (secondary N) is 1. The van der Waals surface area contributed by atoms with Crippen LogP contribution in [0.25, 0.3) is 22.4 Å². The van der Waals surface area contributed by atoms with Gasteiger partial charge >= 0.3 is 5.97 Å². The Morgan fingerprint density at radius 3 is 2.40 bits per heavy atom. The van der Waals surface area contributed by atoms with Crippen LogP contribution in [0.5, 0.6) is 0 Å². The van der Waals surface area contributed by atoms with Gasteiger partial charge in [0, 0.05) is 11.3 Å². The molecule has 0 spiro atoms. The van der Waals surface area contributed by atoms with Gasteiger partial charge in [0.2, 0.25) is 0 Å². The Labute approximate surface area is 174 Å². The van der Waals surface area contributed by atoms with Crippen LogP contribution in [0.4, 0.5) is 0 Å². The van der Waals surface area contributed by atoms with E-state index in [1.165, 1.54) is 30.2 Å². The first-order valence-electron chi connectivity index (χ1n) is 9.76. The van der Waals surface area contributed by atoms with Crippen molar-refractivity contribution in [3.63, 3.8) is 0 Å². The maximum Gasteiger partial charge on any atom is 0.335 e. The lowest BCUT2D eigenvalue weighted by Gasteiger charge is -2.19. The molecule has 0 saturated heterocycles. The standard InChI is InChI=1S/C25H22N2O3/c1-16(25(29)30)23(28)13-14-24(26)27-21-12-11-17-7-5-6-10-19(17)20(21)15-22(27)18-8-3-2-4-9-18/h2-10,13-15,26,28H,11-12H2,1H3,(H,29,30)/b14-13-,23-16-,26-24?. The normalized spacial score (nSPS) is 13.5. The summed E-state index contributed by atoms with van der Waals surface area (Å²) in [5.74, 6) is -1.39. The zero-order valence-electron chi connectivity index (χ0n) is 16.6. The molecule has 1 aliphatic carbocycles. The first-order valence-corrected chi connectivity index (χ1v) is 9.76. The van der Waals surface area contributed by atoms with Gasteiger partial charge < -0.3 is 10.2 Å². The number of nitrogens with zero attached hydrogens (tertiary/aromatic N) is 1. The summed E-state index contributed by atoms with van der Waals surface area (Å²) in [4.78, 5) is 11.1. The number of allylic oxidation sites excluding steroid dienone is 2. The smallest absolute Gasteiger partial charge is 0.335 e. The summed E-state index contributed by atoms with van der Waals surface area (Å²) in [7, 11) is 0. The number of carboxylic acid groups (broad SMARTS) is 1. The molecule has 0 bridgehead atoms. The summed E-state index contributed by atoms with van der Waals surface area (Å²) in [5, 5.41) is 27.7. The van der Waals surface area contributed by atoms with Gasteiger partial charge in [-0.2, -0.15) is 0 Å². The van der Waals surface area contributed by atoms with Gasteiger partial charge in [-0.1, -0.05) is 54.6 Å². The topological polar surface area (TPSA) is 86.3 Å². The number of hydrogen-bond acceptors (Lipinski definition) is 3. The van der Waals surface area contributed by atoms with Crippen LogP contribution in [0, 0.1) is 5.41 Å². The summed E-state index contributed by atoms with van der Waals surface area (Å²) in [6.07, 6.45) is 4.39. The minimum absolute atomic E-state index is 0.161.